The van der Waals surface area contributed by atoms with E-state index < -0.39 is 60.0 Å². The van der Waals surface area contributed by atoms with Crippen LogP contribution < -0.4 is 11.3 Å². The van der Waals surface area contributed by atoms with Gasteiger partial charge in [-0.3, -0.25) is 28.0 Å². The highest BCUT2D eigenvalue weighted by Crippen LogP contribution is 2.55. The molecule has 0 aliphatic carbocycles. The second-order valence-corrected chi connectivity index (χ2v) is 11.1. The average molecular weight is 489 g/mol. The van der Waals surface area contributed by atoms with Crippen molar-refractivity contribution in [3.05, 3.63) is 16.7 Å². The van der Waals surface area contributed by atoms with Crippen LogP contribution in [0.3, 0.4) is 0 Å². The van der Waals surface area contributed by atoms with E-state index in [0.717, 1.165) is 0 Å². The van der Waals surface area contributed by atoms with Gasteiger partial charge < -0.3 is 39.1 Å². The van der Waals surface area contributed by atoms with Gasteiger partial charge in [0.05, 0.1) is 19.0 Å². The Bertz CT molecular complexity index is 1110. The minimum absolute atomic E-state index is 0.0396. The SMILES string of the molecule is Nc1nc2c(ncn2C2CC(O[PH](=O)O)C(COP(=O)(O)CP(=O)(O)O)O2)c(=O)[nH]1. The van der Waals surface area contributed by atoms with Crippen molar-refractivity contribution in [1.29, 1.82) is 0 Å². The van der Waals surface area contributed by atoms with E-state index in [1.165, 1.54) is 10.9 Å². The number of nitrogens with two attached hydrogens (primary N) is 1. The lowest BCUT2D eigenvalue weighted by atomic mass is 10.2. The molecule has 0 aromatic carbocycles. The molecule has 2 aromatic rings. The fourth-order valence-corrected chi connectivity index (χ4v) is 5.97. The summed E-state index contributed by atoms with van der Waals surface area (Å²) in [5.41, 5.74) is 4.96. The fraction of sp³-hybridized carbons (Fsp3) is 0.545. The van der Waals surface area contributed by atoms with Crippen molar-refractivity contribution < 1.29 is 47.1 Å². The van der Waals surface area contributed by atoms with E-state index in [9.17, 15) is 23.4 Å². The highest BCUT2D eigenvalue weighted by molar-refractivity contribution is 7.70. The van der Waals surface area contributed by atoms with Crippen LogP contribution >= 0.6 is 23.4 Å². The van der Waals surface area contributed by atoms with Crippen molar-refractivity contribution in [2.75, 3.05) is 18.2 Å². The van der Waals surface area contributed by atoms with Gasteiger partial charge in [-0.25, -0.2) is 4.98 Å². The van der Waals surface area contributed by atoms with Gasteiger partial charge in [0.25, 0.3) is 5.56 Å². The van der Waals surface area contributed by atoms with E-state index in [-0.39, 0.29) is 23.5 Å². The van der Waals surface area contributed by atoms with Gasteiger partial charge in [0, 0.05) is 6.42 Å². The molecule has 3 rings (SSSR count). The normalized spacial score (nSPS) is 25.4. The highest BCUT2D eigenvalue weighted by atomic mass is 31.2. The Morgan fingerprint density at radius 2 is 2.10 bits per heavy atom. The molecule has 0 saturated carbocycles. The molecule has 1 aliphatic heterocycles. The quantitative estimate of drug-likeness (QED) is 0.246. The standard InChI is InChI=1S/C11H18N5O11P3/c12-11-14-9-8(10(17)15-11)13-3-16(9)7-1-5(27-28(18)19)6(26-7)2-25-30(23,24)4-29(20,21)22/h3,5-7,28H,1-2,4H2,(H,18,19)(H,23,24)(H2,20,21,22)(H3,12,14,15,17). The number of ether oxygens (including phenoxy) is 1. The molecule has 2 aromatic heterocycles. The zero-order chi connectivity index (χ0) is 22.3. The lowest BCUT2D eigenvalue weighted by Crippen LogP contribution is -2.27. The number of nitrogens with one attached hydrogen (secondary N) is 1. The van der Waals surface area contributed by atoms with Crippen molar-refractivity contribution in [3.63, 3.8) is 0 Å². The number of imidazole rings is 1. The smallest absolute Gasteiger partial charge is 0.340 e. The summed E-state index contributed by atoms with van der Waals surface area (Å²) >= 11 is 0. The first-order valence-corrected chi connectivity index (χ1v) is 13.0. The lowest BCUT2D eigenvalue weighted by Gasteiger charge is -2.20. The number of rotatable bonds is 8. The highest BCUT2D eigenvalue weighted by Gasteiger charge is 2.41. The van der Waals surface area contributed by atoms with Crippen molar-refractivity contribution >= 4 is 40.6 Å². The Balaban J connectivity index is 1.81. The van der Waals surface area contributed by atoms with Gasteiger partial charge in [-0.15, -0.1) is 0 Å². The number of hydrogen-bond acceptors (Lipinski definition) is 10. The van der Waals surface area contributed by atoms with E-state index >= 15 is 0 Å². The van der Waals surface area contributed by atoms with E-state index in [4.69, 9.17) is 34.2 Å². The van der Waals surface area contributed by atoms with Gasteiger partial charge in [-0.05, 0) is 0 Å². The summed E-state index contributed by atoms with van der Waals surface area (Å²) in [7, 11) is -13.0. The summed E-state index contributed by atoms with van der Waals surface area (Å²) in [5, 5.41) is 0. The van der Waals surface area contributed by atoms with E-state index in [1.807, 2.05) is 0 Å². The Morgan fingerprint density at radius 1 is 1.40 bits per heavy atom. The number of fused-ring (bicyclic) bond motifs is 1. The summed E-state index contributed by atoms with van der Waals surface area (Å²) in [5.74, 6) is -1.59. The monoisotopic (exact) mass is 489 g/mol. The first kappa shape index (κ1) is 23.2. The van der Waals surface area contributed by atoms with Crippen molar-refractivity contribution in [1.82, 2.24) is 19.5 Å². The third-order valence-electron chi connectivity index (χ3n) is 4.00. The molecule has 0 bridgehead atoms. The molecular weight excluding hydrogens is 471 g/mol. The maximum Gasteiger partial charge on any atom is 0.340 e. The maximum absolute atomic E-state index is 11.9. The third-order valence-corrected chi connectivity index (χ3v) is 7.96. The largest absolute Gasteiger partial charge is 0.369 e. The van der Waals surface area contributed by atoms with Gasteiger partial charge in [0.2, 0.25) is 5.95 Å². The number of aromatic nitrogens is 4. The zero-order valence-electron chi connectivity index (χ0n) is 14.9. The van der Waals surface area contributed by atoms with Crippen LogP contribution in [-0.4, -0.2) is 63.8 Å². The molecular formula is C11H18N5O11P3. The van der Waals surface area contributed by atoms with Crippen LogP contribution in [0.15, 0.2) is 11.1 Å². The Kier molecular flexibility index (Phi) is 6.65. The summed E-state index contributed by atoms with van der Waals surface area (Å²) in [6.07, 6.45) is -2.00. The molecule has 19 heteroatoms. The number of hydrogen-bond donors (Lipinski definition) is 6. The molecule has 0 spiro atoms. The van der Waals surface area contributed by atoms with E-state index in [0.29, 0.717) is 0 Å². The number of nitrogen functional groups attached to an aromatic ring is 1. The third kappa shape index (κ3) is 5.62. The number of nitrogens with zero attached hydrogens (tertiary/aromatic N) is 3. The number of aromatic amines is 1. The molecule has 1 saturated heterocycles. The van der Waals surface area contributed by atoms with Crippen molar-refractivity contribution in [2.24, 2.45) is 0 Å². The Morgan fingerprint density at radius 3 is 2.73 bits per heavy atom. The van der Waals surface area contributed by atoms with E-state index in [2.05, 4.69) is 15.0 Å². The summed E-state index contributed by atoms with van der Waals surface area (Å²) < 4.78 is 50.5. The molecule has 1 fully saturated rings. The molecule has 16 nitrogen and oxygen atoms in total. The maximum atomic E-state index is 11.9. The van der Waals surface area contributed by atoms with Crippen LogP contribution in [0.4, 0.5) is 5.95 Å². The average Bonchev–Trinajstić information content (AvgIpc) is 3.14. The topological polar surface area (TPSA) is 249 Å². The zero-order valence-corrected chi connectivity index (χ0v) is 17.7. The van der Waals surface area contributed by atoms with Crippen molar-refractivity contribution in [3.8, 4) is 0 Å². The Labute approximate surface area is 167 Å². The molecule has 0 radical (unpaired) electrons. The van der Waals surface area contributed by atoms with E-state index in [1.54, 1.807) is 0 Å². The summed E-state index contributed by atoms with van der Waals surface area (Å²) in [4.78, 5) is 58.4. The minimum Gasteiger partial charge on any atom is -0.369 e. The molecule has 168 valence electrons. The molecule has 5 atom stereocenters. The number of H-pyrrole nitrogens is 1. The van der Waals surface area contributed by atoms with Gasteiger partial charge in [-0.2, -0.15) is 4.98 Å². The second kappa shape index (κ2) is 8.60. The second-order valence-electron chi connectivity index (χ2n) is 6.30. The van der Waals surface area contributed by atoms with Crippen LogP contribution in [0.25, 0.3) is 11.2 Å². The summed E-state index contributed by atoms with van der Waals surface area (Å²) in [6, 6.07) is 0. The molecule has 5 unspecified atom stereocenters. The number of anilines is 1. The van der Waals surface area contributed by atoms with Crippen LogP contribution in [-0.2, 0) is 27.5 Å². The Hall–Kier alpha value is -1.44. The molecule has 1 aliphatic rings. The lowest BCUT2D eigenvalue weighted by molar-refractivity contribution is -0.0358. The first-order valence-electron chi connectivity index (χ1n) is 8.13. The molecule has 7 N–H and O–H groups in total. The molecule has 0 amide bonds. The van der Waals surface area contributed by atoms with Gasteiger partial charge >= 0.3 is 23.4 Å². The first-order chi connectivity index (χ1) is 13.8. The van der Waals surface area contributed by atoms with Crippen LogP contribution in [0.2, 0.25) is 0 Å². The van der Waals surface area contributed by atoms with Gasteiger partial charge in [0.15, 0.2) is 17.1 Å². The van der Waals surface area contributed by atoms with Crippen LogP contribution in [0.1, 0.15) is 12.6 Å². The predicted octanol–water partition coefficient (Wildman–Crippen LogP) is -0.906. The van der Waals surface area contributed by atoms with Gasteiger partial charge in [0.1, 0.15) is 12.3 Å². The van der Waals surface area contributed by atoms with Crippen LogP contribution in [0.5, 0.6) is 0 Å². The van der Waals surface area contributed by atoms with Gasteiger partial charge in [-0.1, -0.05) is 0 Å². The molecule has 3 heterocycles. The predicted molar refractivity (Wildman–Crippen MR) is 99.9 cm³/mol. The molecule has 30 heavy (non-hydrogen) atoms. The summed E-state index contributed by atoms with van der Waals surface area (Å²) in [6.45, 7) is -0.674. The fourth-order valence-electron chi connectivity index (χ4n) is 2.89. The van der Waals surface area contributed by atoms with Crippen molar-refractivity contribution in [2.45, 2.75) is 24.9 Å². The van der Waals surface area contributed by atoms with Crippen LogP contribution in [0, 0.1) is 0 Å². The minimum atomic E-state index is -4.84.